The lowest BCUT2D eigenvalue weighted by Gasteiger charge is -2.29. The second-order valence-corrected chi connectivity index (χ2v) is 6.28. The molecule has 0 radical (unpaired) electrons. The van der Waals surface area contributed by atoms with Crippen molar-refractivity contribution in [2.45, 2.75) is 25.7 Å². The Morgan fingerprint density at radius 1 is 1.17 bits per heavy atom. The van der Waals surface area contributed by atoms with Crippen LogP contribution in [0.25, 0.3) is 0 Å². The first-order chi connectivity index (χ1) is 11.5. The molecular weight excluding hydrogens is 328 g/mol. The summed E-state index contributed by atoms with van der Waals surface area (Å²) in [5, 5.41) is 20.6. The molecule has 1 heterocycles. The minimum Gasteiger partial charge on any atom is -0.314 e. The summed E-state index contributed by atoms with van der Waals surface area (Å²) >= 11 is 5.96. The minimum absolute atomic E-state index is 0.202. The topological polar surface area (TPSA) is 106 Å². The summed E-state index contributed by atoms with van der Waals surface area (Å²) in [6.07, 6.45) is 0. The highest BCUT2D eigenvalue weighted by atomic mass is 35.5. The second-order valence-electron chi connectivity index (χ2n) is 5.85. The Kier molecular flexibility index (Phi) is 3.80. The third-order valence-electron chi connectivity index (χ3n) is 4.90. The van der Waals surface area contributed by atoms with Crippen LogP contribution in [0.4, 0.5) is 0 Å². The molecule has 24 heavy (non-hydrogen) atoms. The minimum atomic E-state index is -1.45. The first-order valence-corrected chi connectivity index (χ1v) is 8.14. The molecule has 0 saturated heterocycles. The summed E-state index contributed by atoms with van der Waals surface area (Å²) in [7, 11) is 0. The molecule has 0 spiro atoms. The van der Waals surface area contributed by atoms with Gasteiger partial charge in [0.15, 0.2) is 10.8 Å². The van der Waals surface area contributed by atoms with Gasteiger partial charge < -0.3 is 9.47 Å². The maximum absolute atomic E-state index is 10.1. The maximum atomic E-state index is 10.1. The van der Waals surface area contributed by atoms with Crippen LogP contribution in [0.2, 0.25) is 5.02 Å². The van der Waals surface area contributed by atoms with Crippen LogP contribution in [0.15, 0.2) is 24.3 Å². The fourth-order valence-electron chi connectivity index (χ4n) is 4.01. The van der Waals surface area contributed by atoms with E-state index in [2.05, 4.69) is 17.1 Å². The van der Waals surface area contributed by atoms with Gasteiger partial charge in [0.25, 0.3) is 5.84 Å². The number of ether oxygens (including phenoxy) is 2. The number of halogens is 1. The molecule has 2 aliphatic rings. The van der Waals surface area contributed by atoms with Crippen molar-refractivity contribution >= 4 is 17.4 Å². The van der Waals surface area contributed by atoms with E-state index in [-0.39, 0.29) is 5.84 Å². The molecule has 3 rings (SSSR count). The van der Waals surface area contributed by atoms with E-state index in [9.17, 15) is 10.5 Å². The Morgan fingerprint density at radius 2 is 1.75 bits per heavy atom. The highest BCUT2D eigenvalue weighted by Crippen LogP contribution is 2.78. The van der Waals surface area contributed by atoms with E-state index in [1.807, 2.05) is 0 Å². The van der Waals surface area contributed by atoms with Crippen LogP contribution >= 0.6 is 11.6 Å². The number of hydrogen-bond donors (Lipinski definition) is 2. The number of hydrogen-bond acceptors (Lipinski definition) is 5. The molecule has 1 fully saturated rings. The molecule has 6 nitrogen and oxygen atoms in total. The number of nitrogens with two attached hydrogens (primary N) is 1. The van der Waals surface area contributed by atoms with Crippen molar-refractivity contribution in [3.63, 3.8) is 0 Å². The molecule has 3 N–H and O–H groups in total. The lowest BCUT2D eigenvalue weighted by atomic mass is 9.93. The van der Waals surface area contributed by atoms with E-state index in [1.165, 1.54) is 0 Å². The van der Waals surface area contributed by atoms with Crippen LogP contribution in [-0.2, 0) is 9.47 Å². The number of nitrogens with zero attached hydrogens (tertiary/aromatic N) is 2. The molecule has 0 aromatic heterocycles. The predicted molar refractivity (Wildman–Crippen MR) is 86.4 cm³/mol. The highest BCUT2D eigenvalue weighted by Gasteiger charge is 2.97. The van der Waals surface area contributed by atoms with Crippen molar-refractivity contribution < 1.29 is 14.5 Å². The third-order valence-corrected chi connectivity index (χ3v) is 5.15. The molecule has 0 bridgehead atoms. The number of nitrogens with one attached hydrogen (secondary N) is 1. The molecule has 0 amide bonds. The average Bonchev–Trinajstić information content (AvgIpc) is 3.15. The van der Waals surface area contributed by atoms with Gasteiger partial charge in [0.05, 0.1) is 25.4 Å². The summed E-state index contributed by atoms with van der Waals surface area (Å²) in [6, 6.07) is 11.6. The van der Waals surface area contributed by atoms with Gasteiger partial charge in [-0.3, -0.25) is 5.73 Å². The van der Waals surface area contributed by atoms with Crippen molar-refractivity contribution in [2.75, 3.05) is 13.2 Å². The molecule has 1 aromatic rings. The van der Waals surface area contributed by atoms with Crippen molar-refractivity contribution in [3.8, 4) is 12.1 Å². The van der Waals surface area contributed by atoms with E-state index < -0.39 is 22.7 Å². The van der Waals surface area contributed by atoms with E-state index in [0.717, 1.165) is 5.56 Å². The average molecular weight is 346 g/mol. The van der Waals surface area contributed by atoms with Crippen molar-refractivity contribution in [3.05, 3.63) is 34.9 Å². The Labute approximate surface area is 145 Å². The number of benzene rings is 1. The zero-order chi connectivity index (χ0) is 17.6. The van der Waals surface area contributed by atoms with Gasteiger partial charge in [0.2, 0.25) is 0 Å². The van der Waals surface area contributed by atoms with Crippen molar-refractivity contribution in [2.24, 2.45) is 16.6 Å². The Bertz CT molecular complexity index is 773. The summed E-state index contributed by atoms with van der Waals surface area (Å²) in [5.74, 6) is -1.71. The first-order valence-electron chi connectivity index (χ1n) is 7.76. The summed E-state index contributed by atoms with van der Waals surface area (Å²) < 4.78 is 11.6. The molecule has 1 aromatic carbocycles. The van der Waals surface area contributed by atoms with E-state index in [4.69, 9.17) is 26.8 Å². The van der Waals surface area contributed by atoms with Crippen LogP contribution < -0.4 is 10.7 Å². The smallest absolute Gasteiger partial charge is 0.314 e. The van der Waals surface area contributed by atoms with Crippen LogP contribution in [0, 0.1) is 33.5 Å². The Balaban J connectivity index is 2.21. The normalized spacial score (nSPS) is 32.4. The van der Waals surface area contributed by atoms with Crippen LogP contribution in [0.1, 0.15) is 25.3 Å². The lowest BCUT2D eigenvalue weighted by Crippen LogP contribution is -2.91. The van der Waals surface area contributed by atoms with Gasteiger partial charge in [0, 0.05) is 10.9 Å². The fourth-order valence-corrected chi connectivity index (χ4v) is 4.14. The maximum Gasteiger partial charge on any atom is 0.343 e. The van der Waals surface area contributed by atoms with Gasteiger partial charge in [-0.05, 0) is 31.5 Å². The molecule has 1 saturated carbocycles. The lowest BCUT2D eigenvalue weighted by molar-refractivity contribution is -0.693. The van der Waals surface area contributed by atoms with Gasteiger partial charge >= 0.3 is 5.91 Å². The first kappa shape index (κ1) is 16.7. The van der Waals surface area contributed by atoms with Crippen molar-refractivity contribution in [1.29, 1.82) is 10.5 Å². The van der Waals surface area contributed by atoms with E-state index in [1.54, 1.807) is 38.1 Å². The van der Waals surface area contributed by atoms with E-state index >= 15 is 0 Å². The van der Waals surface area contributed by atoms with Gasteiger partial charge in [-0.2, -0.15) is 10.5 Å². The van der Waals surface area contributed by atoms with Gasteiger partial charge in [-0.25, -0.2) is 4.99 Å². The largest absolute Gasteiger partial charge is 0.343 e. The molecule has 1 aliphatic heterocycles. The van der Waals surface area contributed by atoms with Crippen LogP contribution in [-0.4, -0.2) is 25.0 Å². The van der Waals surface area contributed by atoms with Gasteiger partial charge in [-0.15, -0.1) is 0 Å². The summed E-state index contributed by atoms with van der Waals surface area (Å²) in [4.78, 5) is 2.94. The fraction of sp³-hybridized carbons (Fsp3) is 0.471. The van der Waals surface area contributed by atoms with Gasteiger partial charge in [0.1, 0.15) is 0 Å². The molecule has 1 aliphatic carbocycles. The molecular formula is C17H18ClN4O2+. The highest BCUT2D eigenvalue weighted by molar-refractivity contribution is 6.30. The SMILES string of the molecule is CCOC1(OCC)[NH+]=C(N)[C@@]2(C#N)[C@@H](c3ccc(Cl)cc3)[C@@]12C#N. The van der Waals surface area contributed by atoms with Crippen molar-refractivity contribution in [1.82, 2.24) is 0 Å². The van der Waals surface area contributed by atoms with Crippen LogP contribution in [0.5, 0.6) is 0 Å². The molecule has 124 valence electrons. The summed E-state index contributed by atoms with van der Waals surface area (Å²) in [5.41, 5.74) is 4.49. The molecule has 7 heteroatoms. The van der Waals surface area contributed by atoms with E-state index in [0.29, 0.717) is 18.2 Å². The predicted octanol–water partition coefficient (Wildman–Crippen LogP) is 0.635. The Morgan fingerprint density at radius 3 is 2.21 bits per heavy atom. The molecule has 0 unspecified atom stereocenters. The number of fused-ring (bicyclic) bond motifs is 1. The Hall–Kier alpha value is -2.12. The number of amidine groups is 1. The third kappa shape index (κ3) is 1.68. The monoisotopic (exact) mass is 345 g/mol. The number of rotatable bonds is 5. The quantitative estimate of drug-likeness (QED) is 0.761. The van der Waals surface area contributed by atoms with Crippen LogP contribution in [0.3, 0.4) is 0 Å². The van der Waals surface area contributed by atoms with Gasteiger partial charge in [-0.1, -0.05) is 23.7 Å². The zero-order valence-corrected chi connectivity index (χ0v) is 14.2. The molecule has 3 atom stereocenters. The second kappa shape index (κ2) is 5.46. The summed E-state index contributed by atoms with van der Waals surface area (Å²) in [6.45, 7) is 4.21. The number of nitriles is 2. The zero-order valence-electron chi connectivity index (χ0n) is 13.5. The standard InChI is InChI=1S/C17H17ClN4O2/c1-3-23-17(24-4-2)16(10-20)13(11-5-7-12(18)8-6-11)15(16,9-19)14(21)22-17/h5-8,13H,3-4H2,1-2H3,(H2,21,22)/p+1/t13-,15-,16-/m1/s1.